The molecule has 1 fully saturated rings. The first-order valence-electron chi connectivity index (χ1n) is 12.8. The fourth-order valence-corrected chi connectivity index (χ4v) is 5.77. The number of furan rings is 1. The molecule has 2 aliphatic heterocycles. The van der Waals surface area contributed by atoms with Crippen LogP contribution in [0.25, 0.3) is 0 Å². The Morgan fingerprint density at radius 2 is 1.76 bits per heavy atom. The number of hydrogen-bond acceptors (Lipinski definition) is 8. The SMILES string of the molecule is Cc1ccc([C@H](Nc2c(Nc3ccc(Cl)c4c3C(O)N(C3CCN(C)CC3)C4)c(=O)c2=O)C(C)(C)C)o1. The third-order valence-corrected chi connectivity index (χ3v) is 8.09. The van der Waals surface area contributed by atoms with Crippen molar-refractivity contribution in [3.63, 3.8) is 0 Å². The van der Waals surface area contributed by atoms with Crippen LogP contribution >= 0.6 is 11.6 Å². The molecule has 1 saturated heterocycles. The van der Waals surface area contributed by atoms with Gasteiger partial charge in [0.25, 0.3) is 10.9 Å². The van der Waals surface area contributed by atoms with Crippen molar-refractivity contribution in [2.75, 3.05) is 30.8 Å². The highest BCUT2D eigenvalue weighted by molar-refractivity contribution is 6.31. The highest BCUT2D eigenvalue weighted by Crippen LogP contribution is 2.44. The summed E-state index contributed by atoms with van der Waals surface area (Å²) in [5, 5.41) is 18.4. The molecule has 8 nitrogen and oxygen atoms in total. The summed E-state index contributed by atoms with van der Waals surface area (Å²) in [6.07, 6.45) is 1.09. The van der Waals surface area contributed by atoms with E-state index in [-0.39, 0.29) is 28.9 Å². The molecule has 9 heteroatoms. The van der Waals surface area contributed by atoms with Crippen LogP contribution in [0.3, 0.4) is 0 Å². The maximum atomic E-state index is 12.7. The number of rotatable bonds is 6. The Labute approximate surface area is 221 Å². The van der Waals surface area contributed by atoms with Crippen molar-refractivity contribution in [1.29, 1.82) is 0 Å². The van der Waals surface area contributed by atoms with E-state index in [1.807, 2.05) is 39.8 Å². The largest absolute Gasteiger partial charge is 0.464 e. The number of nitrogens with zero attached hydrogens (tertiary/aromatic N) is 2. The number of aliphatic hydroxyl groups is 1. The third-order valence-electron chi connectivity index (χ3n) is 7.74. The van der Waals surface area contributed by atoms with Gasteiger partial charge in [0, 0.05) is 28.9 Å². The predicted octanol–water partition coefficient (Wildman–Crippen LogP) is 4.68. The molecule has 0 aliphatic carbocycles. The van der Waals surface area contributed by atoms with E-state index in [0.717, 1.165) is 37.3 Å². The summed E-state index contributed by atoms with van der Waals surface area (Å²) in [6.45, 7) is 10.5. The number of fused-ring (bicyclic) bond motifs is 1. The van der Waals surface area contributed by atoms with Crippen LogP contribution in [0.1, 0.15) is 68.5 Å². The van der Waals surface area contributed by atoms with Gasteiger partial charge in [-0.05, 0) is 75.1 Å². The van der Waals surface area contributed by atoms with Crippen molar-refractivity contribution >= 4 is 28.7 Å². The number of hydrogen-bond donors (Lipinski definition) is 3. The Bertz CT molecular complexity index is 1380. The minimum atomic E-state index is -0.846. The van der Waals surface area contributed by atoms with E-state index in [4.69, 9.17) is 16.0 Å². The Morgan fingerprint density at radius 1 is 1.08 bits per heavy atom. The summed E-state index contributed by atoms with van der Waals surface area (Å²) in [6, 6.07) is 7.22. The second kappa shape index (κ2) is 9.58. The van der Waals surface area contributed by atoms with Gasteiger partial charge >= 0.3 is 0 Å². The molecule has 37 heavy (non-hydrogen) atoms. The summed E-state index contributed by atoms with van der Waals surface area (Å²) >= 11 is 6.56. The van der Waals surface area contributed by atoms with Crippen molar-refractivity contribution in [1.82, 2.24) is 9.80 Å². The molecule has 3 heterocycles. The molecular weight excluding hydrogens is 492 g/mol. The molecule has 198 valence electrons. The lowest BCUT2D eigenvalue weighted by Crippen LogP contribution is -2.42. The summed E-state index contributed by atoms with van der Waals surface area (Å²) in [4.78, 5) is 29.8. The average Bonchev–Trinajstić information content (AvgIpc) is 3.43. The van der Waals surface area contributed by atoms with Crippen molar-refractivity contribution in [2.45, 2.75) is 65.4 Å². The molecule has 2 atom stereocenters. The molecule has 1 unspecified atom stereocenters. The highest BCUT2D eigenvalue weighted by atomic mass is 35.5. The number of anilines is 3. The molecule has 0 spiro atoms. The smallest absolute Gasteiger partial charge is 0.253 e. The number of benzene rings is 1. The maximum Gasteiger partial charge on any atom is 0.253 e. The molecule has 0 amide bonds. The zero-order valence-electron chi connectivity index (χ0n) is 22.0. The molecule has 0 radical (unpaired) electrons. The normalized spacial score (nSPS) is 20.4. The van der Waals surface area contributed by atoms with Crippen LogP contribution < -0.4 is 21.5 Å². The van der Waals surface area contributed by atoms with Crippen molar-refractivity contribution in [2.24, 2.45) is 5.41 Å². The van der Waals surface area contributed by atoms with Crippen molar-refractivity contribution in [3.8, 4) is 0 Å². The van der Waals surface area contributed by atoms with E-state index in [2.05, 4.69) is 27.5 Å². The van der Waals surface area contributed by atoms with E-state index in [1.54, 1.807) is 12.1 Å². The average molecular weight is 527 g/mol. The number of likely N-dealkylation sites (tertiary alicyclic amines) is 1. The van der Waals surface area contributed by atoms with Gasteiger partial charge in [0.15, 0.2) is 0 Å². The van der Waals surface area contributed by atoms with E-state index >= 15 is 0 Å². The topological polar surface area (TPSA) is 98.0 Å². The molecule has 1 aromatic heterocycles. The monoisotopic (exact) mass is 526 g/mol. The van der Waals surface area contributed by atoms with E-state index in [1.165, 1.54) is 0 Å². The molecule has 0 bridgehead atoms. The first-order chi connectivity index (χ1) is 17.5. The van der Waals surface area contributed by atoms with Crippen LogP contribution in [0.2, 0.25) is 5.02 Å². The van der Waals surface area contributed by atoms with Crippen LogP contribution in [0, 0.1) is 12.3 Å². The summed E-state index contributed by atoms with van der Waals surface area (Å²) < 4.78 is 5.86. The van der Waals surface area contributed by atoms with Gasteiger partial charge in [-0.2, -0.15) is 0 Å². The number of aryl methyl sites for hydroxylation is 1. The number of nitrogens with one attached hydrogen (secondary N) is 2. The molecule has 3 N–H and O–H groups in total. The van der Waals surface area contributed by atoms with Gasteiger partial charge in [-0.25, -0.2) is 0 Å². The van der Waals surface area contributed by atoms with Crippen LogP contribution in [-0.2, 0) is 6.54 Å². The highest BCUT2D eigenvalue weighted by Gasteiger charge is 2.39. The Hall–Kier alpha value is -2.65. The lowest BCUT2D eigenvalue weighted by atomic mass is 9.85. The standard InChI is InChI=1S/C28H35ClN4O4/c1-15-6-9-20(37-15)26(28(2,3)4)31-23-22(24(34)25(23)35)30-19-8-7-18(29)17-14-33(27(36)21(17)19)16-10-12-32(5)13-11-16/h6-9,16,26-27,30-31,36H,10-14H2,1-5H3/t26-,27?/m0/s1. The van der Waals surface area contributed by atoms with Gasteiger partial charge in [-0.3, -0.25) is 14.5 Å². The summed E-state index contributed by atoms with van der Waals surface area (Å²) in [7, 11) is 2.11. The molecule has 0 saturated carbocycles. The van der Waals surface area contributed by atoms with Crippen LogP contribution in [0.15, 0.2) is 38.3 Å². The minimum absolute atomic E-state index is 0.192. The van der Waals surface area contributed by atoms with Gasteiger partial charge in [0.2, 0.25) is 0 Å². The second-order valence-electron chi connectivity index (χ2n) is 11.5. The minimum Gasteiger partial charge on any atom is -0.464 e. The first kappa shape index (κ1) is 26.0. The number of piperidine rings is 1. The van der Waals surface area contributed by atoms with Crippen molar-refractivity contribution in [3.05, 3.63) is 72.4 Å². The van der Waals surface area contributed by atoms with Gasteiger partial charge in [-0.15, -0.1) is 0 Å². The molecule has 2 aromatic carbocycles. The lowest BCUT2D eigenvalue weighted by Gasteiger charge is -2.36. The lowest BCUT2D eigenvalue weighted by molar-refractivity contribution is -0.0321. The number of aliphatic hydroxyl groups excluding tert-OH is 1. The fourth-order valence-electron chi connectivity index (χ4n) is 5.54. The Morgan fingerprint density at radius 3 is 2.38 bits per heavy atom. The van der Waals surface area contributed by atoms with Crippen molar-refractivity contribution < 1.29 is 9.52 Å². The van der Waals surface area contributed by atoms with Gasteiger partial charge in [0.1, 0.15) is 29.1 Å². The summed E-state index contributed by atoms with van der Waals surface area (Å²) in [5.41, 5.74) is 1.06. The molecule has 2 aliphatic rings. The second-order valence-corrected chi connectivity index (χ2v) is 11.9. The van der Waals surface area contributed by atoms with E-state index in [0.29, 0.717) is 28.6 Å². The van der Waals surface area contributed by atoms with Gasteiger partial charge in [0.05, 0.1) is 6.04 Å². The maximum absolute atomic E-state index is 12.7. The molecule has 5 rings (SSSR count). The predicted molar refractivity (Wildman–Crippen MR) is 146 cm³/mol. The zero-order chi connectivity index (χ0) is 26.6. The van der Waals surface area contributed by atoms with Gasteiger partial charge in [-0.1, -0.05) is 32.4 Å². The third kappa shape index (κ3) is 4.72. The van der Waals surface area contributed by atoms with Crippen LogP contribution in [-0.4, -0.2) is 41.1 Å². The summed E-state index contributed by atoms with van der Waals surface area (Å²) in [5.74, 6) is 1.47. The van der Waals surface area contributed by atoms with E-state index in [9.17, 15) is 14.7 Å². The molecule has 3 aromatic rings. The first-order valence-corrected chi connectivity index (χ1v) is 13.2. The quantitative estimate of drug-likeness (QED) is 0.398. The number of halogens is 1. The Kier molecular flexibility index (Phi) is 6.73. The van der Waals surface area contributed by atoms with Crippen LogP contribution in [0.4, 0.5) is 17.1 Å². The van der Waals surface area contributed by atoms with E-state index < -0.39 is 17.1 Å². The zero-order valence-corrected chi connectivity index (χ0v) is 22.8. The Balaban J connectivity index is 1.44. The molecular formula is C28H35ClN4O4. The fraction of sp³-hybridized carbons (Fsp3) is 0.500. The van der Waals surface area contributed by atoms with Crippen LogP contribution in [0.5, 0.6) is 0 Å². The van der Waals surface area contributed by atoms with Gasteiger partial charge < -0.3 is 25.1 Å².